The van der Waals surface area contributed by atoms with Crippen molar-refractivity contribution in [2.75, 3.05) is 0 Å². The van der Waals surface area contributed by atoms with Crippen molar-refractivity contribution >= 4 is 0 Å². The monoisotopic (exact) mass is 596 g/mol. The molecule has 0 fully saturated rings. The van der Waals surface area contributed by atoms with E-state index in [-0.39, 0.29) is 56.6 Å². The zero-order valence-electron chi connectivity index (χ0n) is 20.4. The Morgan fingerprint density at radius 1 is 0.417 bits per heavy atom. The van der Waals surface area contributed by atoms with Crippen LogP contribution >= 0.6 is 0 Å². The van der Waals surface area contributed by atoms with E-state index in [1.165, 1.54) is 16.7 Å². The third kappa shape index (κ3) is 9.96. The van der Waals surface area contributed by atoms with Gasteiger partial charge in [0.15, 0.2) is 0 Å². The molecular weight excluding hydrogens is 564 g/mol. The minimum Gasteiger partial charge on any atom is -0.214 e. The van der Waals surface area contributed by atoms with Gasteiger partial charge in [0.2, 0.25) is 0 Å². The minimum absolute atomic E-state index is 0. The Morgan fingerprint density at radius 2 is 0.639 bits per heavy atom. The average Bonchev–Trinajstić information content (AvgIpc) is 3.72. The normalized spacial score (nSPS) is 9.25. The SMILES string of the molecule is CCC([c-]1cccc1)([c-]1cccc1)[c-]1cccc1.[Fe+2].[Fe+2].[Fe+2].c1cc[cH-]c1.c1cc[cH-]c1.c1cc[cH-]c1. The van der Waals surface area contributed by atoms with E-state index in [0.717, 1.165) is 6.42 Å². The van der Waals surface area contributed by atoms with Crippen LogP contribution in [0.15, 0.2) is 164 Å². The molecule has 0 bridgehead atoms. The van der Waals surface area contributed by atoms with E-state index in [2.05, 4.69) is 79.7 Å². The van der Waals surface area contributed by atoms with Crippen molar-refractivity contribution in [2.24, 2.45) is 0 Å². The number of rotatable bonds is 4. The van der Waals surface area contributed by atoms with Gasteiger partial charge in [-0.1, -0.05) is 18.8 Å². The molecule has 0 spiro atoms. The Morgan fingerprint density at radius 3 is 0.778 bits per heavy atom. The largest absolute Gasteiger partial charge is 2.00 e. The van der Waals surface area contributed by atoms with Crippen molar-refractivity contribution in [3.05, 3.63) is 180 Å². The first-order chi connectivity index (χ1) is 16.4. The summed E-state index contributed by atoms with van der Waals surface area (Å²) in [5, 5.41) is 0. The first kappa shape index (κ1) is 33.7. The molecule has 188 valence electrons. The van der Waals surface area contributed by atoms with Crippen LogP contribution in [0.4, 0.5) is 0 Å². The zero-order chi connectivity index (χ0) is 23.0. The second kappa shape index (κ2) is 19.8. The molecule has 0 atom stereocenters. The number of hydrogen-bond acceptors (Lipinski definition) is 0. The summed E-state index contributed by atoms with van der Waals surface area (Å²) in [4.78, 5) is 0. The predicted octanol–water partition coefficient (Wildman–Crippen LogP) is 8.80. The van der Waals surface area contributed by atoms with Crippen molar-refractivity contribution in [3.8, 4) is 0 Å². The Bertz CT molecular complexity index is 910. The van der Waals surface area contributed by atoms with Crippen LogP contribution in [0.5, 0.6) is 0 Å². The molecule has 0 aliphatic carbocycles. The maximum Gasteiger partial charge on any atom is 2.00 e. The van der Waals surface area contributed by atoms with E-state index < -0.39 is 0 Å². The van der Waals surface area contributed by atoms with Gasteiger partial charge in [0.25, 0.3) is 0 Å². The summed E-state index contributed by atoms with van der Waals surface area (Å²) in [5.74, 6) is 0. The van der Waals surface area contributed by atoms with Gasteiger partial charge in [0, 0.05) is 0 Å². The van der Waals surface area contributed by atoms with E-state index in [1.807, 2.05) is 91.0 Å². The molecule has 0 nitrogen and oxygen atoms in total. The van der Waals surface area contributed by atoms with E-state index in [1.54, 1.807) is 0 Å². The van der Waals surface area contributed by atoms with Gasteiger partial charge in [-0.2, -0.15) is 108 Å². The second-order valence-corrected chi connectivity index (χ2v) is 7.67. The summed E-state index contributed by atoms with van der Waals surface area (Å²) in [5.41, 5.74) is 4.18. The molecule has 0 heterocycles. The van der Waals surface area contributed by atoms with Gasteiger partial charge in [-0.05, 0) is 0 Å². The molecule has 0 aliphatic rings. The molecule has 0 unspecified atom stereocenters. The van der Waals surface area contributed by atoms with Gasteiger partial charge in [-0.3, -0.25) is 0 Å². The standard InChI is InChI=1S/C18H17.3C5H5.3Fe/c1-2-18(15-9-3-4-10-15,16-11-5-6-12-16)17-13-7-8-14-17;3*1-2-4-5-3-1;;;/h3-14H,2H2,1H3;3*1-5H;;;/q-3;3*-1;3*+2. The molecule has 0 aliphatic heterocycles. The quantitative estimate of drug-likeness (QED) is 0.141. The van der Waals surface area contributed by atoms with Crippen molar-refractivity contribution in [1.82, 2.24) is 0 Å². The fourth-order valence-corrected chi connectivity index (χ4v) is 4.05. The van der Waals surface area contributed by atoms with Gasteiger partial charge in [-0.25, -0.2) is 72.8 Å². The number of hydrogen-bond donors (Lipinski definition) is 0. The summed E-state index contributed by atoms with van der Waals surface area (Å²) >= 11 is 0. The summed E-state index contributed by atoms with van der Waals surface area (Å²) in [6.45, 7) is 2.27. The third-order valence-corrected chi connectivity index (χ3v) is 5.66. The molecule has 6 aromatic rings. The van der Waals surface area contributed by atoms with Crippen LogP contribution in [0.25, 0.3) is 0 Å². The maximum atomic E-state index is 2.27. The Hall–Kier alpha value is -2.34. The third-order valence-electron chi connectivity index (χ3n) is 5.66. The molecule has 0 saturated carbocycles. The molecule has 36 heavy (non-hydrogen) atoms. The average molecular weight is 596 g/mol. The molecule has 6 aromatic carbocycles. The smallest absolute Gasteiger partial charge is 0.214 e. The van der Waals surface area contributed by atoms with Crippen LogP contribution in [0, 0.1) is 0 Å². The van der Waals surface area contributed by atoms with E-state index >= 15 is 0 Å². The van der Waals surface area contributed by atoms with Gasteiger partial charge in [0.05, 0.1) is 0 Å². The van der Waals surface area contributed by atoms with Gasteiger partial charge in [-0.15, -0.1) is 0 Å². The van der Waals surface area contributed by atoms with E-state index in [4.69, 9.17) is 0 Å². The fraction of sp³-hybridized carbons (Fsp3) is 0.0909. The topological polar surface area (TPSA) is 0 Å². The van der Waals surface area contributed by atoms with Crippen LogP contribution < -0.4 is 0 Å². The van der Waals surface area contributed by atoms with Gasteiger partial charge in [0.1, 0.15) is 0 Å². The van der Waals surface area contributed by atoms with E-state index in [0.29, 0.717) is 0 Å². The van der Waals surface area contributed by atoms with E-state index in [9.17, 15) is 0 Å². The first-order valence-corrected chi connectivity index (χ1v) is 11.5. The molecule has 0 N–H and O–H groups in total. The van der Waals surface area contributed by atoms with Crippen molar-refractivity contribution < 1.29 is 51.2 Å². The van der Waals surface area contributed by atoms with Crippen molar-refractivity contribution in [2.45, 2.75) is 18.8 Å². The van der Waals surface area contributed by atoms with Crippen molar-refractivity contribution in [3.63, 3.8) is 0 Å². The summed E-state index contributed by atoms with van der Waals surface area (Å²) in [6.07, 6.45) is 1.07. The van der Waals surface area contributed by atoms with Crippen LogP contribution in [0.2, 0.25) is 0 Å². The summed E-state index contributed by atoms with van der Waals surface area (Å²) in [7, 11) is 0. The fourth-order valence-electron chi connectivity index (χ4n) is 4.05. The molecule has 6 rings (SSSR count). The molecule has 3 heteroatoms. The van der Waals surface area contributed by atoms with Crippen LogP contribution in [0.1, 0.15) is 30.0 Å². The van der Waals surface area contributed by atoms with Crippen LogP contribution in [0.3, 0.4) is 0 Å². The van der Waals surface area contributed by atoms with Crippen molar-refractivity contribution in [1.29, 1.82) is 0 Å². The molecular formula is C33H32Fe3. The predicted molar refractivity (Wildman–Crippen MR) is 142 cm³/mol. The van der Waals surface area contributed by atoms with Crippen LogP contribution in [-0.4, -0.2) is 0 Å². The van der Waals surface area contributed by atoms with Crippen LogP contribution in [-0.2, 0) is 56.6 Å². The maximum absolute atomic E-state index is 2.27. The molecule has 0 radical (unpaired) electrons. The molecule has 0 amide bonds. The second-order valence-electron chi connectivity index (χ2n) is 7.67. The first-order valence-electron chi connectivity index (χ1n) is 11.5. The minimum atomic E-state index is 0. The van der Waals surface area contributed by atoms with Gasteiger partial charge >= 0.3 is 51.2 Å². The molecule has 0 aromatic heterocycles. The summed E-state index contributed by atoms with van der Waals surface area (Å²) in [6, 6.07) is 56.2. The summed E-state index contributed by atoms with van der Waals surface area (Å²) < 4.78 is 0. The Kier molecular flexibility index (Phi) is 18.5. The Labute approximate surface area is 249 Å². The molecule has 0 saturated heterocycles. The van der Waals surface area contributed by atoms with Gasteiger partial charge < -0.3 is 0 Å². The Balaban J connectivity index is 0.000000558. The zero-order valence-corrected chi connectivity index (χ0v) is 23.7.